The predicted molar refractivity (Wildman–Crippen MR) is 129 cm³/mol. The number of allylic oxidation sites excluding steroid dienone is 1. The van der Waals surface area contributed by atoms with E-state index in [0.717, 1.165) is 62.6 Å². The van der Waals surface area contributed by atoms with Gasteiger partial charge in [0.05, 0.1) is 0 Å². The molecule has 7 nitrogen and oxygen atoms in total. The van der Waals surface area contributed by atoms with Crippen molar-refractivity contribution in [1.82, 2.24) is 15.7 Å². The SMILES string of the molecule is C/C(=C/CCC[C@H](Oc1cccc2ccccc12)C(=O)NO)CNCCCN1CCCC1=O. The van der Waals surface area contributed by atoms with E-state index in [9.17, 15) is 9.59 Å². The smallest absolute Gasteiger partial charge is 0.284 e. The molecule has 1 aliphatic heterocycles. The van der Waals surface area contributed by atoms with Crippen LogP contribution >= 0.6 is 0 Å². The number of fused-ring (bicyclic) bond motifs is 1. The van der Waals surface area contributed by atoms with Gasteiger partial charge in [-0.3, -0.25) is 14.8 Å². The van der Waals surface area contributed by atoms with Gasteiger partial charge in [-0.05, 0) is 57.0 Å². The summed E-state index contributed by atoms with van der Waals surface area (Å²) in [5.41, 5.74) is 2.97. The molecule has 0 bridgehead atoms. The van der Waals surface area contributed by atoms with E-state index < -0.39 is 12.0 Å². The molecule has 7 heteroatoms. The molecule has 0 saturated carbocycles. The van der Waals surface area contributed by atoms with Crippen molar-refractivity contribution in [3.05, 3.63) is 54.1 Å². The lowest BCUT2D eigenvalue weighted by Crippen LogP contribution is -2.36. The Morgan fingerprint density at radius 2 is 2.03 bits per heavy atom. The van der Waals surface area contributed by atoms with E-state index in [1.54, 1.807) is 5.48 Å². The lowest BCUT2D eigenvalue weighted by Gasteiger charge is -2.18. The summed E-state index contributed by atoms with van der Waals surface area (Å²) in [4.78, 5) is 25.7. The Morgan fingerprint density at radius 1 is 1.21 bits per heavy atom. The predicted octanol–water partition coefficient (Wildman–Crippen LogP) is 3.81. The molecule has 0 radical (unpaired) electrons. The number of nitrogens with one attached hydrogen (secondary N) is 2. The third-order valence-electron chi connectivity index (χ3n) is 5.94. The summed E-state index contributed by atoms with van der Waals surface area (Å²) in [6.07, 6.45) is 6.13. The molecule has 2 aromatic rings. The van der Waals surface area contributed by atoms with Crippen LogP contribution in [-0.4, -0.2) is 54.2 Å². The third kappa shape index (κ3) is 7.58. The molecule has 1 fully saturated rings. The zero-order valence-electron chi connectivity index (χ0n) is 19.4. The van der Waals surface area contributed by atoms with Gasteiger partial charge in [-0.25, -0.2) is 5.48 Å². The van der Waals surface area contributed by atoms with Gasteiger partial charge in [-0.1, -0.05) is 48.0 Å². The van der Waals surface area contributed by atoms with E-state index in [4.69, 9.17) is 9.94 Å². The Bertz CT molecular complexity index is 954. The van der Waals surface area contributed by atoms with Crippen LogP contribution < -0.4 is 15.5 Å². The summed E-state index contributed by atoms with van der Waals surface area (Å²) < 4.78 is 6.00. The summed E-state index contributed by atoms with van der Waals surface area (Å²) in [5.74, 6) is 0.374. The quantitative estimate of drug-likeness (QED) is 0.186. The minimum atomic E-state index is -0.763. The highest BCUT2D eigenvalue weighted by Crippen LogP contribution is 2.27. The molecular weight excluding hydrogens is 418 g/mol. The monoisotopic (exact) mass is 453 g/mol. The van der Waals surface area contributed by atoms with Crippen molar-refractivity contribution >= 4 is 22.6 Å². The molecule has 0 unspecified atom stereocenters. The van der Waals surface area contributed by atoms with Gasteiger partial charge in [0.2, 0.25) is 5.91 Å². The summed E-state index contributed by atoms with van der Waals surface area (Å²) in [5, 5.41) is 14.5. The first kappa shape index (κ1) is 24.7. The van der Waals surface area contributed by atoms with Crippen molar-refractivity contribution in [2.24, 2.45) is 0 Å². The first-order valence-corrected chi connectivity index (χ1v) is 11.8. The van der Waals surface area contributed by atoms with Crippen LogP contribution in [0.2, 0.25) is 0 Å². The molecule has 2 aromatic carbocycles. The van der Waals surface area contributed by atoms with Crippen molar-refractivity contribution < 1.29 is 19.5 Å². The Balaban J connectivity index is 1.40. The highest BCUT2D eigenvalue weighted by atomic mass is 16.5. The van der Waals surface area contributed by atoms with Crippen LogP contribution in [0.25, 0.3) is 10.8 Å². The zero-order valence-corrected chi connectivity index (χ0v) is 19.4. The van der Waals surface area contributed by atoms with Gasteiger partial charge < -0.3 is 15.0 Å². The van der Waals surface area contributed by atoms with E-state index in [-0.39, 0.29) is 5.91 Å². The molecule has 2 amide bonds. The van der Waals surface area contributed by atoms with Crippen molar-refractivity contribution in [1.29, 1.82) is 0 Å². The van der Waals surface area contributed by atoms with Crippen LogP contribution in [0.1, 0.15) is 45.4 Å². The number of hydrogen-bond acceptors (Lipinski definition) is 5. The topological polar surface area (TPSA) is 90.9 Å². The molecule has 0 aromatic heterocycles. The van der Waals surface area contributed by atoms with Crippen LogP contribution in [-0.2, 0) is 9.59 Å². The highest BCUT2D eigenvalue weighted by Gasteiger charge is 2.20. The summed E-state index contributed by atoms with van der Waals surface area (Å²) in [6.45, 7) is 5.51. The van der Waals surface area contributed by atoms with E-state index in [0.29, 0.717) is 18.6 Å². The maximum Gasteiger partial charge on any atom is 0.284 e. The van der Waals surface area contributed by atoms with E-state index >= 15 is 0 Å². The van der Waals surface area contributed by atoms with Crippen LogP contribution in [0.3, 0.4) is 0 Å². The maximum absolute atomic E-state index is 12.2. The second-order valence-electron chi connectivity index (χ2n) is 8.56. The molecule has 3 N–H and O–H groups in total. The Labute approximate surface area is 195 Å². The number of benzene rings is 2. The second kappa shape index (κ2) is 13.0. The van der Waals surface area contributed by atoms with Crippen LogP contribution in [0, 0.1) is 0 Å². The number of carbonyl (C=O) groups is 2. The van der Waals surface area contributed by atoms with Gasteiger partial charge in [0, 0.05) is 31.4 Å². The maximum atomic E-state index is 12.2. The number of amides is 2. The lowest BCUT2D eigenvalue weighted by atomic mass is 10.1. The van der Waals surface area contributed by atoms with Crippen molar-refractivity contribution in [3.8, 4) is 5.75 Å². The largest absolute Gasteiger partial charge is 0.480 e. The minimum Gasteiger partial charge on any atom is -0.480 e. The summed E-state index contributed by atoms with van der Waals surface area (Å²) >= 11 is 0. The molecule has 178 valence electrons. The second-order valence-corrected chi connectivity index (χ2v) is 8.56. The number of ether oxygens (including phenoxy) is 1. The fourth-order valence-corrected chi connectivity index (χ4v) is 4.11. The lowest BCUT2D eigenvalue weighted by molar-refractivity contribution is -0.136. The zero-order chi connectivity index (χ0) is 23.5. The van der Waals surface area contributed by atoms with Gasteiger partial charge >= 0.3 is 0 Å². The van der Waals surface area contributed by atoms with Crippen molar-refractivity contribution in [3.63, 3.8) is 0 Å². The number of nitrogens with zero attached hydrogens (tertiary/aromatic N) is 1. The van der Waals surface area contributed by atoms with E-state index in [1.165, 1.54) is 5.57 Å². The number of likely N-dealkylation sites (tertiary alicyclic amines) is 1. The molecule has 0 spiro atoms. The molecule has 1 aliphatic rings. The fourth-order valence-electron chi connectivity index (χ4n) is 4.11. The summed E-state index contributed by atoms with van der Waals surface area (Å²) in [7, 11) is 0. The van der Waals surface area contributed by atoms with Gasteiger partial charge in [-0.15, -0.1) is 0 Å². The normalized spacial score (nSPS) is 15.2. The average Bonchev–Trinajstić information content (AvgIpc) is 3.24. The van der Waals surface area contributed by atoms with Crippen molar-refractivity contribution in [2.45, 2.75) is 51.6 Å². The molecule has 3 rings (SSSR count). The molecule has 1 heterocycles. The minimum absolute atomic E-state index is 0.281. The Hall–Kier alpha value is -2.90. The number of carbonyl (C=O) groups excluding carboxylic acids is 2. The van der Waals surface area contributed by atoms with E-state index in [2.05, 4.69) is 18.3 Å². The Morgan fingerprint density at radius 3 is 2.82 bits per heavy atom. The molecule has 1 saturated heterocycles. The first-order chi connectivity index (χ1) is 16.1. The fraction of sp³-hybridized carbons (Fsp3) is 0.462. The first-order valence-electron chi connectivity index (χ1n) is 11.8. The van der Waals surface area contributed by atoms with Crippen LogP contribution in [0.5, 0.6) is 5.75 Å². The van der Waals surface area contributed by atoms with Gasteiger partial charge in [-0.2, -0.15) is 0 Å². The average molecular weight is 454 g/mol. The standard InChI is InChI=1S/C26H35N3O4/c1-20(19-27-16-8-18-29-17-7-15-25(29)30)9-2-5-13-24(26(31)28-32)33-23-14-6-11-21-10-3-4-12-22(21)23/h3-4,6,9-12,14,24,27,32H,2,5,7-8,13,15-19H2,1H3,(H,28,31)/b20-9-/t24-/m0/s1. The van der Waals surface area contributed by atoms with Crippen molar-refractivity contribution in [2.75, 3.05) is 26.2 Å². The van der Waals surface area contributed by atoms with Gasteiger partial charge in [0.1, 0.15) is 5.75 Å². The number of hydroxylamine groups is 1. The Kier molecular flexibility index (Phi) is 9.72. The number of unbranched alkanes of at least 4 members (excludes halogenated alkanes) is 1. The van der Waals surface area contributed by atoms with Crippen LogP contribution in [0.4, 0.5) is 0 Å². The van der Waals surface area contributed by atoms with E-state index in [1.807, 2.05) is 47.4 Å². The molecular formula is C26H35N3O4. The van der Waals surface area contributed by atoms with Gasteiger partial charge in [0.25, 0.3) is 5.91 Å². The number of hydrogen-bond donors (Lipinski definition) is 3. The highest BCUT2D eigenvalue weighted by molar-refractivity contribution is 5.89. The number of rotatable bonds is 13. The molecule has 1 atom stereocenters. The van der Waals surface area contributed by atoms with Crippen LogP contribution in [0.15, 0.2) is 54.1 Å². The van der Waals surface area contributed by atoms with Gasteiger partial charge in [0.15, 0.2) is 6.10 Å². The molecule has 0 aliphatic carbocycles. The molecule has 33 heavy (non-hydrogen) atoms. The summed E-state index contributed by atoms with van der Waals surface area (Å²) in [6, 6.07) is 13.6. The third-order valence-corrected chi connectivity index (χ3v) is 5.94.